The van der Waals surface area contributed by atoms with Crippen molar-refractivity contribution < 1.29 is 4.74 Å². The van der Waals surface area contributed by atoms with Crippen LogP contribution in [-0.2, 0) is 4.74 Å². The molecule has 1 aromatic rings. The lowest BCUT2D eigenvalue weighted by Crippen LogP contribution is -2.13. The van der Waals surface area contributed by atoms with E-state index in [4.69, 9.17) is 4.74 Å². The van der Waals surface area contributed by atoms with E-state index in [1.807, 2.05) is 10.9 Å². The summed E-state index contributed by atoms with van der Waals surface area (Å²) < 4.78 is 7.06. The molecule has 1 unspecified atom stereocenters. The molecule has 0 radical (unpaired) electrons. The largest absolute Gasteiger partial charge is 0.382 e. The molecule has 1 rings (SSSR count). The molecule has 0 saturated carbocycles. The lowest BCUT2D eigenvalue weighted by Gasteiger charge is -2.12. The zero-order valence-electron chi connectivity index (χ0n) is 8.16. The number of ether oxygens (including phenoxy) is 1. The van der Waals surface area contributed by atoms with E-state index in [0.29, 0.717) is 12.6 Å². The highest BCUT2D eigenvalue weighted by atomic mass is 16.5. The molecule has 0 fully saturated rings. The number of hydrogen-bond acceptors (Lipinski definition) is 2. The summed E-state index contributed by atoms with van der Waals surface area (Å²) in [7, 11) is 1.71. The second-order valence-corrected chi connectivity index (χ2v) is 3.16. The molecule has 3 heteroatoms. The lowest BCUT2D eigenvalue weighted by molar-refractivity contribution is 0.156. The van der Waals surface area contributed by atoms with E-state index in [1.165, 1.54) is 11.3 Å². The molecule has 68 valence electrons. The SMILES string of the molecule is COCC(C)n1ncc(C)c1C. The first kappa shape index (κ1) is 9.26. The average Bonchev–Trinajstić information content (AvgIpc) is 2.34. The minimum absolute atomic E-state index is 0.323. The fraction of sp³-hybridized carbons (Fsp3) is 0.667. The summed E-state index contributed by atoms with van der Waals surface area (Å²) in [5.41, 5.74) is 2.46. The van der Waals surface area contributed by atoms with Crippen LogP contribution < -0.4 is 0 Å². The molecule has 0 bridgehead atoms. The Morgan fingerprint density at radius 1 is 1.58 bits per heavy atom. The minimum Gasteiger partial charge on any atom is -0.382 e. The van der Waals surface area contributed by atoms with Gasteiger partial charge in [-0.1, -0.05) is 0 Å². The number of nitrogens with zero attached hydrogens (tertiary/aromatic N) is 2. The highest BCUT2D eigenvalue weighted by Crippen LogP contribution is 2.11. The number of rotatable bonds is 3. The van der Waals surface area contributed by atoms with Gasteiger partial charge in [0, 0.05) is 12.8 Å². The molecule has 3 nitrogen and oxygen atoms in total. The third kappa shape index (κ3) is 1.67. The van der Waals surface area contributed by atoms with Gasteiger partial charge in [-0.3, -0.25) is 4.68 Å². The monoisotopic (exact) mass is 168 g/mol. The van der Waals surface area contributed by atoms with Crippen molar-refractivity contribution in [3.8, 4) is 0 Å². The summed E-state index contributed by atoms with van der Waals surface area (Å²) in [6.07, 6.45) is 1.89. The van der Waals surface area contributed by atoms with Gasteiger partial charge in [-0.15, -0.1) is 0 Å². The van der Waals surface area contributed by atoms with Crippen LogP contribution in [0.1, 0.15) is 24.2 Å². The van der Waals surface area contributed by atoms with E-state index in [9.17, 15) is 0 Å². The summed E-state index contributed by atoms with van der Waals surface area (Å²) in [4.78, 5) is 0. The third-order valence-electron chi connectivity index (χ3n) is 2.12. The smallest absolute Gasteiger partial charge is 0.0727 e. The van der Waals surface area contributed by atoms with Crippen molar-refractivity contribution in [1.29, 1.82) is 0 Å². The van der Waals surface area contributed by atoms with Crippen LogP contribution >= 0.6 is 0 Å². The topological polar surface area (TPSA) is 27.1 Å². The van der Waals surface area contributed by atoms with Crippen molar-refractivity contribution in [2.24, 2.45) is 0 Å². The van der Waals surface area contributed by atoms with E-state index in [-0.39, 0.29) is 0 Å². The Morgan fingerprint density at radius 2 is 2.25 bits per heavy atom. The van der Waals surface area contributed by atoms with Gasteiger partial charge in [0.05, 0.1) is 18.8 Å². The predicted octanol–water partition coefficient (Wildman–Crippen LogP) is 1.71. The summed E-state index contributed by atoms with van der Waals surface area (Å²) in [6, 6.07) is 0.323. The Balaban J connectivity index is 2.80. The highest BCUT2D eigenvalue weighted by Gasteiger charge is 2.08. The minimum atomic E-state index is 0.323. The fourth-order valence-electron chi connectivity index (χ4n) is 1.27. The first-order valence-corrected chi connectivity index (χ1v) is 4.16. The maximum Gasteiger partial charge on any atom is 0.0727 e. The first-order chi connectivity index (χ1) is 5.66. The summed E-state index contributed by atoms with van der Waals surface area (Å²) >= 11 is 0. The van der Waals surface area contributed by atoms with Crippen molar-refractivity contribution in [2.75, 3.05) is 13.7 Å². The van der Waals surface area contributed by atoms with E-state index in [2.05, 4.69) is 25.9 Å². The van der Waals surface area contributed by atoms with Crippen LogP contribution in [0.4, 0.5) is 0 Å². The van der Waals surface area contributed by atoms with E-state index in [0.717, 1.165) is 0 Å². The number of aryl methyl sites for hydroxylation is 1. The molecule has 0 aliphatic carbocycles. The molecule has 0 N–H and O–H groups in total. The number of aromatic nitrogens is 2. The quantitative estimate of drug-likeness (QED) is 0.687. The molecule has 0 aliphatic heterocycles. The molecule has 0 amide bonds. The Hall–Kier alpha value is -0.830. The van der Waals surface area contributed by atoms with Gasteiger partial charge in [0.25, 0.3) is 0 Å². The van der Waals surface area contributed by atoms with Crippen molar-refractivity contribution in [3.63, 3.8) is 0 Å². The zero-order valence-corrected chi connectivity index (χ0v) is 8.16. The second-order valence-electron chi connectivity index (χ2n) is 3.16. The summed E-state index contributed by atoms with van der Waals surface area (Å²) in [5.74, 6) is 0. The number of methoxy groups -OCH3 is 1. The van der Waals surface area contributed by atoms with Gasteiger partial charge >= 0.3 is 0 Å². The fourth-order valence-corrected chi connectivity index (χ4v) is 1.27. The van der Waals surface area contributed by atoms with Gasteiger partial charge in [-0.25, -0.2) is 0 Å². The van der Waals surface area contributed by atoms with Gasteiger partial charge in [-0.2, -0.15) is 5.10 Å². The number of hydrogen-bond donors (Lipinski definition) is 0. The maximum absolute atomic E-state index is 5.06. The molecule has 0 spiro atoms. The second kappa shape index (κ2) is 3.72. The Labute approximate surface area is 73.3 Å². The van der Waals surface area contributed by atoms with Gasteiger partial charge in [-0.05, 0) is 26.3 Å². The first-order valence-electron chi connectivity index (χ1n) is 4.16. The Morgan fingerprint density at radius 3 is 2.67 bits per heavy atom. The van der Waals surface area contributed by atoms with Gasteiger partial charge in [0.15, 0.2) is 0 Å². The highest BCUT2D eigenvalue weighted by molar-refractivity contribution is 5.13. The van der Waals surface area contributed by atoms with E-state index in [1.54, 1.807) is 7.11 Å². The summed E-state index contributed by atoms with van der Waals surface area (Å²) in [5, 5.41) is 4.27. The third-order valence-corrected chi connectivity index (χ3v) is 2.12. The van der Waals surface area contributed by atoms with Gasteiger partial charge < -0.3 is 4.74 Å². The van der Waals surface area contributed by atoms with Crippen LogP contribution in [-0.4, -0.2) is 23.5 Å². The Kier molecular flexibility index (Phi) is 2.87. The molecular weight excluding hydrogens is 152 g/mol. The lowest BCUT2D eigenvalue weighted by atomic mass is 10.3. The van der Waals surface area contributed by atoms with Crippen molar-refractivity contribution in [3.05, 3.63) is 17.5 Å². The molecule has 1 atom stereocenters. The van der Waals surface area contributed by atoms with Crippen LogP contribution in [0.2, 0.25) is 0 Å². The van der Waals surface area contributed by atoms with Crippen LogP contribution in [0.5, 0.6) is 0 Å². The molecule has 1 heterocycles. The molecule has 0 saturated heterocycles. The van der Waals surface area contributed by atoms with Crippen LogP contribution in [0.3, 0.4) is 0 Å². The maximum atomic E-state index is 5.06. The van der Waals surface area contributed by atoms with Crippen molar-refractivity contribution in [1.82, 2.24) is 9.78 Å². The van der Waals surface area contributed by atoms with Crippen molar-refractivity contribution in [2.45, 2.75) is 26.8 Å². The molecule has 1 aromatic heterocycles. The predicted molar refractivity (Wildman–Crippen MR) is 48.3 cm³/mol. The molecule has 12 heavy (non-hydrogen) atoms. The Bertz CT molecular complexity index is 255. The normalized spacial score (nSPS) is 13.3. The van der Waals surface area contributed by atoms with Crippen LogP contribution in [0, 0.1) is 13.8 Å². The van der Waals surface area contributed by atoms with Gasteiger partial charge in [0.2, 0.25) is 0 Å². The summed E-state index contributed by atoms with van der Waals surface area (Å²) in [6.45, 7) is 6.96. The van der Waals surface area contributed by atoms with E-state index < -0.39 is 0 Å². The molecule has 0 aromatic carbocycles. The van der Waals surface area contributed by atoms with Crippen molar-refractivity contribution >= 4 is 0 Å². The molecule has 0 aliphatic rings. The van der Waals surface area contributed by atoms with Crippen LogP contribution in [0.25, 0.3) is 0 Å². The van der Waals surface area contributed by atoms with E-state index >= 15 is 0 Å². The average molecular weight is 168 g/mol. The van der Waals surface area contributed by atoms with Gasteiger partial charge in [0.1, 0.15) is 0 Å². The molecular formula is C9H16N2O. The standard InChI is InChI=1S/C9H16N2O/c1-7-5-10-11(9(7)3)8(2)6-12-4/h5,8H,6H2,1-4H3. The van der Waals surface area contributed by atoms with Crippen LogP contribution in [0.15, 0.2) is 6.20 Å². The zero-order chi connectivity index (χ0) is 9.14.